The number of rotatable bonds is 11. The van der Waals surface area contributed by atoms with E-state index in [0.717, 1.165) is 17.7 Å². The number of carbonyl (C=O) groups excluding carboxylic acids is 4. The molecular formula is C37H37ClF3N3O6. The topological polar surface area (TPSA) is 105 Å². The number of alkyl halides is 3. The van der Waals surface area contributed by atoms with E-state index in [2.05, 4.69) is 5.32 Å². The van der Waals surface area contributed by atoms with Crippen LogP contribution in [-0.2, 0) is 36.6 Å². The van der Waals surface area contributed by atoms with E-state index in [1.54, 1.807) is 63.2 Å². The molecule has 3 aromatic rings. The maximum atomic E-state index is 14.3. The van der Waals surface area contributed by atoms with Crippen LogP contribution in [0, 0.1) is 0 Å². The Hall–Kier alpha value is -4.84. The van der Waals surface area contributed by atoms with Gasteiger partial charge in [-0.05, 0) is 62.1 Å². The number of hydrogen-bond acceptors (Lipinski definition) is 6. The lowest BCUT2D eigenvalue weighted by atomic mass is 9.87. The molecule has 9 nitrogen and oxygen atoms in total. The Labute approximate surface area is 293 Å². The number of hydrogen-bond donors (Lipinski definition) is 1. The second-order valence-corrected chi connectivity index (χ2v) is 13.5. The summed E-state index contributed by atoms with van der Waals surface area (Å²) >= 11 is 6.98. The lowest BCUT2D eigenvalue weighted by Gasteiger charge is -2.53. The summed E-state index contributed by atoms with van der Waals surface area (Å²) < 4.78 is 50.9. The number of benzene rings is 3. The largest absolute Gasteiger partial charge is 0.460 e. The molecule has 50 heavy (non-hydrogen) atoms. The molecule has 1 N–H and O–H groups in total. The summed E-state index contributed by atoms with van der Waals surface area (Å²) in [5.74, 6) is -1.96. The van der Waals surface area contributed by atoms with Crippen LogP contribution in [-0.4, -0.2) is 64.0 Å². The zero-order valence-corrected chi connectivity index (χ0v) is 28.4. The summed E-state index contributed by atoms with van der Waals surface area (Å²) in [6, 6.07) is 18.4. The molecule has 3 aromatic carbocycles. The first-order valence-electron chi connectivity index (χ1n) is 16.0. The number of nitrogens with zero attached hydrogens (tertiary/aromatic N) is 2. The average molecular weight is 712 g/mol. The number of ether oxygens (including phenoxy) is 2. The van der Waals surface area contributed by atoms with E-state index in [4.69, 9.17) is 21.1 Å². The minimum atomic E-state index is -4.58. The predicted octanol–water partition coefficient (Wildman–Crippen LogP) is 6.86. The Balaban J connectivity index is 1.50. The van der Waals surface area contributed by atoms with Crippen LogP contribution in [0.4, 0.5) is 18.0 Å². The number of cyclic esters (lactones) is 1. The minimum absolute atomic E-state index is 0.0150. The van der Waals surface area contributed by atoms with Crippen molar-refractivity contribution in [2.45, 2.75) is 76.1 Å². The van der Waals surface area contributed by atoms with Crippen molar-refractivity contribution >= 4 is 41.6 Å². The number of β-lactam (4-membered cyclic amide) rings is 1. The number of halogens is 4. The highest BCUT2D eigenvalue weighted by Gasteiger charge is 2.60. The number of nitrogens with one attached hydrogen (secondary N) is 1. The molecule has 13 heteroatoms. The third kappa shape index (κ3) is 8.47. The molecule has 2 aliphatic rings. The Morgan fingerprint density at radius 3 is 2.30 bits per heavy atom. The number of likely N-dealkylation sites (tertiary alicyclic amines) is 1. The average Bonchev–Trinajstić information content (AvgIpc) is 3.43. The quantitative estimate of drug-likeness (QED) is 0.172. The van der Waals surface area contributed by atoms with E-state index in [0.29, 0.717) is 5.56 Å². The summed E-state index contributed by atoms with van der Waals surface area (Å²) in [4.78, 5) is 56.8. The fourth-order valence-electron chi connectivity index (χ4n) is 6.07. The van der Waals surface area contributed by atoms with E-state index in [1.807, 2.05) is 24.3 Å². The SMILES string of the molecule is CC(C)(C)OC(=O)CC[C@@H](C(=O)NCc1cccc(C(F)(F)F)c1)N1C(=O)[C@@H](N2C(=O)OC[C@@H]2c2ccccc2)[C@@H]1C(Cl)=Cc1ccccc1. The summed E-state index contributed by atoms with van der Waals surface area (Å²) in [6.45, 7) is 4.77. The first-order valence-corrected chi connectivity index (χ1v) is 16.4. The second-order valence-electron chi connectivity index (χ2n) is 13.0. The molecule has 2 fully saturated rings. The molecule has 5 rings (SSSR count). The third-order valence-corrected chi connectivity index (χ3v) is 8.62. The van der Waals surface area contributed by atoms with E-state index < -0.39 is 65.4 Å². The zero-order valence-electron chi connectivity index (χ0n) is 27.7. The molecule has 2 aliphatic heterocycles. The van der Waals surface area contributed by atoms with Gasteiger partial charge in [0, 0.05) is 18.0 Å². The van der Waals surface area contributed by atoms with Gasteiger partial charge in [-0.15, -0.1) is 0 Å². The van der Waals surface area contributed by atoms with Gasteiger partial charge in [-0.25, -0.2) is 4.79 Å². The zero-order chi connectivity index (χ0) is 36.2. The molecule has 0 spiro atoms. The second kappa shape index (κ2) is 15.0. The lowest BCUT2D eigenvalue weighted by Crippen LogP contribution is -2.75. The van der Waals surface area contributed by atoms with Crippen LogP contribution in [0.25, 0.3) is 6.08 Å². The molecular weight excluding hydrogens is 675 g/mol. The van der Waals surface area contributed by atoms with Crippen LogP contribution in [0.2, 0.25) is 0 Å². The first-order chi connectivity index (χ1) is 23.6. The maximum absolute atomic E-state index is 14.3. The minimum Gasteiger partial charge on any atom is -0.460 e. The van der Waals surface area contributed by atoms with E-state index in [9.17, 15) is 32.3 Å². The van der Waals surface area contributed by atoms with E-state index in [-0.39, 0.29) is 36.6 Å². The van der Waals surface area contributed by atoms with Crippen molar-refractivity contribution in [3.05, 3.63) is 112 Å². The monoisotopic (exact) mass is 711 g/mol. The molecule has 2 heterocycles. The smallest absolute Gasteiger partial charge is 0.416 e. The van der Waals surface area contributed by atoms with Gasteiger partial charge >= 0.3 is 18.2 Å². The molecule has 4 atom stereocenters. The summed E-state index contributed by atoms with van der Waals surface area (Å²) in [5, 5.41) is 2.78. The van der Waals surface area contributed by atoms with Gasteiger partial charge in [0.1, 0.15) is 24.3 Å². The highest BCUT2D eigenvalue weighted by atomic mass is 35.5. The fraction of sp³-hybridized carbons (Fsp3) is 0.351. The Morgan fingerprint density at radius 1 is 1.00 bits per heavy atom. The molecule has 3 amide bonds. The van der Waals surface area contributed by atoms with Gasteiger partial charge in [-0.3, -0.25) is 19.3 Å². The fourth-order valence-corrected chi connectivity index (χ4v) is 6.42. The molecule has 0 aliphatic carbocycles. The molecule has 0 unspecified atom stereocenters. The Kier molecular flexibility index (Phi) is 10.9. The molecule has 264 valence electrons. The summed E-state index contributed by atoms with van der Waals surface area (Å²) in [7, 11) is 0. The van der Waals surface area contributed by atoms with Gasteiger partial charge < -0.3 is 19.7 Å². The van der Waals surface area contributed by atoms with Crippen molar-refractivity contribution in [1.29, 1.82) is 0 Å². The Bertz CT molecular complexity index is 1750. The van der Waals surface area contributed by atoms with Crippen molar-refractivity contribution < 1.29 is 41.8 Å². The van der Waals surface area contributed by atoms with Crippen molar-refractivity contribution in [1.82, 2.24) is 15.1 Å². The van der Waals surface area contributed by atoms with Crippen molar-refractivity contribution in [3.63, 3.8) is 0 Å². The number of esters is 1. The highest BCUT2D eigenvalue weighted by Crippen LogP contribution is 2.42. The van der Waals surface area contributed by atoms with Gasteiger partial charge in [0.25, 0.3) is 0 Å². The standard InChI is InChI=1S/C37H37ClF3N3O6/c1-36(2,3)50-30(45)18-17-28(33(46)42-21-24-13-10-16-26(19-24)37(39,40)41)43-31(27(38)20-23-11-6-4-7-12-23)32(34(43)47)44-29(22-49-35(44)48)25-14-8-5-9-15-25/h4-16,19-20,28-29,31-32H,17-18,21-22H2,1-3H3,(H,42,46)/t28-,29+,31-,32-/m0/s1. The van der Waals surface area contributed by atoms with Gasteiger partial charge in [0.05, 0.1) is 17.6 Å². The van der Waals surface area contributed by atoms with Crippen LogP contribution in [0.3, 0.4) is 0 Å². The first kappa shape index (κ1) is 36.4. The highest BCUT2D eigenvalue weighted by molar-refractivity contribution is 6.33. The summed E-state index contributed by atoms with van der Waals surface area (Å²) in [5.41, 5.74) is -0.0980. The number of amides is 3. The maximum Gasteiger partial charge on any atom is 0.416 e. The van der Waals surface area contributed by atoms with Gasteiger partial charge in [0.2, 0.25) is 11.8 Å². The van der Waals surface area contributed by atoms with Crippen LogP contribution in [0.15, 0.2) is 90.0 Å². The van der Waals surface area contributed by atoms with Crippen molar-refractivity contribution in [2.75, 3.05) is 6.61 Å². The molecule has 0 radical (unpaired) electrons. The Morgan fingerprint density at radius 2 is 1.66 bits per heavy atom. The van der Waals surface area contributed by atoms with E-state index >= 15 is 0 Å². The van der Waals surface area contributed by atoms with Gasteiger partial charge in [-0.2, -0.15) is 13.2 Å². The predicted molar refractivity (Wildman–Crippen MR) is 179 cm³/mol. The van der Waals surface area contributed by atoms with Gasteiger partial charge in [0.15, 0.2) is 0 Å². The molecule has 2 saturated heterocycles. The number of carbonyl (C=O) groups is 4. The van der Waals surface area contributed by atoms with Crippen molar-refractivity contribution in [2.24, 2.45) is 0 Å². The summed E-state index contributed by atoms with van der Waals surface area (Å²) in [6.07, 6.45) is -4.15. The van der Waals surface area contributed by atoms with Crippen molar-refractivity contribution in [3.8, 4) is 0 Å². The van der Waals surface area contributed by atoms with E-state index in [1.165, 1.54) is 21.9 Å². The normalized spacial score (nSPS) is 20.2. The third-order valence-electron chi connectivity index (χ3n) is 8.29. The van der Waals surface area contributed by atoms with Crippen LogP contribution < -0.4 is 5.32 Å². The van der Waals surface area contributed by atoms with Crippen LogP contribution in [0.1, 0.15) is 61.9 Å². The van der Waals surface area contributed by atoms with Gasteiger partial charge in [-0.1, -0.05) is 84.4 Å². The van der Waals surface area contributed by atoms with Crippen LogP contribution in [0.5, 0.6) is 0 Å². The van der Waals surface area contributed by atoms with Crippen LogP contribution >= 0.6 is 11.6 Å². The lowest BCUT2D eigenvalue weighted by molar-refractivity contribution is -0.165. The molecule has 0 bridgehead atoms. The molecule has 0 saturated carbocycles. The molecule has 0 aromatic heterocycles.